The molecule has 1 heterocycles. The summed E-state index contributed by atoms with van der Waals surface area (Å²) in [7, 11) is 0. The molecule has 1 aromatic rings. The highest BCUT2D eigenvalue weighted by atomic mass is 32.2. The first kappa shape index (κ1) is 7.82. The Labute approximate surface area is 68.5 Å². The Morgan fingerprint density at radius 3 is 3.20 bits per heavy atom. The number of carbonyl (C=O) groups is 1. The fourth-order valence-corrected chi connectivity index (χ4v) is 2.28. The van der Waals surface area contributed by atoms with Crippen LogP contribution >= 0.6 is 23.1 Å². The van der Waals surface area contributed by atoms with E-state index in [4.69, 9.17) is 0 Å². The van der Waals surface area contributed by atoms with E-state index >= 15 is 0 Å². The second kappa shape index (κ2) is 4.52. The van der Waals surface area contributed by atoms with E-state index in [1.165, 1.54) is 4.21 Å². The quantitative estimate of drug-likeness (QED) is 0.394. The van der Waals surface area contributed by atoms with Gasteiger partial charge in [-0.05, 0) is 11.4 Å². The SMILES string of the molecule is O=CCCSc1cccs1. The van der Waals surface area contributed by atoms with Crippen LogP contribution in [-0.4, -0.2) is 12.0 Å². The van der Waals surface area contributed by atoms with Gasteiger partial charge in [-0.3, -0.25) is 0 Å². The van der Waals surface area contributed by atoms with Crippen LogP contribution in [-0.2, 0) is 4.79 Å². The fourth-order valence-electron chi connectivity index (χ4n) is 0.553. The van der Waals surface area contributed by atoms with Crippen molar-refractivity contribution in [1.82, 2.24) is 0 Å². The lowest BCUT2D eigenvalue weighted by Crippen LogP contribution is -1.77. The summed E-state index contributed by atoms with van der Waals surface area (Å²) in [5.74, 6) is 0.907. The Morgan fingerprint density at radius 2 is 2.60 bits per heavy atom. The van der Waals surface area contributed by atoms with Crippen LogP contribution in [0, 0.1) is 0 Å². The zero-order chi connectivity index (χ0) is 7.23. The third-order valence-electron chi connectivity index (χ3n) is 0.975. The van der Waals surface area contributed by atoms with E-state index in [1.807, 2.05) is 11.4 Å². The molecule has 0 unspecified atom stereocenters. The summed E-state index contributed by atoms with van der Waals surface area (Å²) in [5.41, 5.74) is 0. The number of thiophene rings is 1. The Bertz CT molecular complexity index is 181. The van der Waals surface area contributed by atoms with Crippen LogP contribution in [0.2, 0.25) is 0 Å². The maximum absolute atomic E-state index is 9.92. The number of aldehydes is 1. The summed E-state index contributed by atoms with van der Waals surface area (Å²) in [6.07, 6.45) is 1.61. The zero-order valence-corrected chi connectivity index (χ0v) is 7.08. The van der Waals surface area contributed by atoms with Gasteiger partial charge >= 0.3 is 0 Å². The van der Waals surface area contributed by atoms with Gasteiger partial charge in [0.15, 0.2) is 0 Å². The summed E-state index contributed by atoms with van der Waals surface area (Å²) in [4.78, 5) is 9.92. The molecule has 0 aromatic carbocycles. The predicted molar refractivity (Wildman–Crippen MR) is 45.7 cm³/mol. The van der Waals surface area contributed by atoms with E-state index in [2.05, 4.69) is 6.07 Å². The summed E-state index contributed by atoms with van der Waals surface area (Å²) in [5, 5.41) is 2.04. The monoisotopic (exact) mass is 172 g/mol. The second-order valence-corrected chi connectivity index (χ2v) is 4.08. The van der Waals surface area contributed by atoms with E-state index in [0.717, 1.165) is 12.0 Å². The maximum atomic E-state index is 9.92. The highest BCUT2D eigenvalue weighted by Gasteiger charge is 1.91. The topological polar surface area (TPSA) is 17.1 Å². The molecule has 0 aliphatic rings. The normalized spacial score (nSPS) is 9.60. The first-order chi connectivity index (χ1) is 4.93. The standard InChI is InChI=1S/C7H8OS2/c8-4-2-6-10-7-3-1-5-9-7/h1,3-5H,2,6H2. The Kier molecular flexibility index (Phi) is 3.54. The third kappa shape index (κ3) is 2.54. The molecule has 0 spiro atoms. The van der Waals surface area contributed by atoms with Gasteiger partial charge < -0.3 is 4.79 Å². The van der Waals surface area contributed by atoms with Gasteiger partial charge in [-0.2, -0.15) is 0 Å². The lowest BCUT2D eigenvalue weighted by Gasteiger charge is -1.90. The van der Waals surface area contributed by atoms with Gasteiger partial charge in [0.1, 0.15) is 6.29 Å². The molecule has 3 heteroatoms. The molecule has 1 nitrogen and oxygen atoms in total. The second-order valence-electron chi connectivity index (χ2n) is 1.74. The summed E-state index contributed by atoms with van der Waals surface area (Å²) >= 11 is 3.46. The molecule has 0 saturated carbocycles. The molecule has 10 heavy (non-hydrogen) atoms. The molecule has 0 N–H and O–H groups in total. The van der Waals surface area contributed by atoms with Crippen molar-refractivity contribution in [2.45, 2.75) is 10.6 Å². The molecule has 0 aliphatic carbocycles. The van der Waals surface area contributed by atoms with Gasteiger partial charge in [-0.1, -0.05) is 6.07 Å². The molecule has 0 bridgehead atoms. The number of rotatable bonds is 4. The first-order valence-corrected chi connectivity index (χ1v) is 4.90. The molecule has 0 aliphatic heterocycles. The Morgan fingerprint density at radius 1 is 1.70 bits per heavy atom. The zero-order valence-electron chi connectivity index (χ0n) is 5.45. The largest absolute Gasteiger partial charge is 0.303 e. The molecule has 0 atom stereocenters. The molecular formula is C7H8OS2. The summed E-state index contributed by atoms with van der Waals surface area (Å²) in [6.45, 7) is 0. The van der Waals surface area contributed by atoms with Crippen LogP contribution in [0.15, 0.2) is 21.7 Å². The van der Waals surface area contributed by atoms with Crippen molar-refractivity contribution in [2.75, 3.05) is 5.75 Å². The molecule has 0 radical (unpaired) electrons. The Hall–Kier alpha value is -0.280. The van der Waals surface area contributed by atoms with Gasteiger partial charge in [-0.15, -0.1) is 23.1 Å². The smallest absolute Gasteiger partial charge is 0.120 e. The van der Waals surface area contributed by atoms with Gasteiger partial charge in [0.2, 0.25) is 0 Å². The third-order valence-corrected chi connectivity index (χ3v) is 3.14. The molecular weight excluding hydrogens is 164 g/mol. The van der Waals surface area contributed by atoms with Crippen molar-refractivity contribution in [3.63, 3.8) is 0 Å². The van der Waals surface area contributed by atoms with Crippen LogP contribution in [0.25, 0.3) is 0 Å². The van der Waals surface area contributed by atoms with E-state index in [0.29, 0.717) is 6.42 Å². The van der Waals surface area contributed by atoms with Crippen LogP contribution in [0.3, 0.4) is 0 Å². The lowest BCUT2D eigenvalue weighted by atomic mass is 10.6. The minimum Gasteiger partial charge on any atom is -0.303 e. The van der Waals surface area contributed by atoms with Crippen molar-refractivity contribution in [3.05, 3.63) is 17.5 Å². The minimum atomic E-state index is 0.655. The summed E-state index contributed by atoms with van der Waals surface area (Å²) in [6, 6.07) is 4.09. The van der Waals surface area contributed by atoms with Crippen LogP contribution in [0.1, 0.15) is 6.42 Å². The Balaban J connectivity index is 2.21. The molecule has 0 amide bonds. The van der Waals surface area contributed by atoms with E-state index in [9.17, 15) is 4.79 Å². The first-order valence-electron chi connectivity index (χ1n) is 3.03. The minimum absolute atomic E-state index is 0.655. The number of hydrogen-bond acceptors (Lipinski definition) is 3. The van der Waals surface area contributed by atoms with Crippen molar-refractivity contribution >= 4 is 29.4 Å². The number of hydrogen-bond donors (Lipinski definition) is 0. The highest BCUT2D eigenvalue weighted by Crippen LogP contribution is 2.23. The number of thioether (sulfide) groups is 1. The number of carbonyl (C=O) groups excluding carboxylic acids is 1. The van der Waals surface area contributed by atoms with Gasteiger partial charge in [-0.25, -0.2) is 0 Å². The fraction of sp³-hybridized carbons (Fsp3) is 0.286. The maximum Gasteiger partial charge on any atom is 0.120 e. The summed E-state index contributed by atoms with van der Waals surface area (Å²) < 4.78 is 1.29. The molecule has 0 fully saturated rings. The van der Waals surface area contributed by atoms with Crippen LogP contribution in [0.4, 0.5) is 0 Å². The van der Waals surface area contributed by atoms with Crippen molar-refractivity contribution in [1.29, 1.82) is 0 Å². The van der Waals surface area contributed by atoms with Gasteiger partial charge in [0, 0.05) is 12.2 Å². The molecule has 54 valence electrons. The van der Waals surface area contributed by atoms with Crippen LogP contribution < -0.4 is 0 Å². The van der Waals surface area contributed by atoms with Crippen LogP contribution in [0.5, 0.6) is 0 Å². The van der Waals surface area contributed by atoms with E-state index in [-0.39, 0.29) is 0 Å². The average Bonchev–Trinajstić information content (AvgIpc) is 2.41. The van der Waals surface area contributed by atoms with Crippen molar-refractivity contribution in [2.24, 2.45) is 0 Å². The highest BCUT2D eigenvalue weighted by molar-refractivity contribution is 8.01. The van der Waals surface area contributed by atoms with E-state index in [1.54, 1.807) is 23.1 Å². The van der Waals surface area contributed by atoms with E-state index < -0.39 is 0 Å². The van der Waals surface area contributed by atoms with Gasteiger partial charge in [0.25, 0.3) is 0 Å². The lowest BCUT2D eigenvalue weighted by molar-refractivity contribution is -0.107. The van der Waals surface area contributed by atoms with Crippen molar-refractivity contribution < 1.29 is 4.79 Å². The van der Waals surface area contributed by atoms with Gasteiger partial charge in [0.05, 0.1) is 4.21 Å². The predicted octanol–water partition coefficient (Wildman–Crippen LogP) is 2.43. The molecule has 1 rings (SSSR count). The average molecular weight is 172 g/mol. The molecule has 1 aromatic heterocycles. The molecule has 0 saturated heterocycles. The van der Waals surface area contributed by atoms with Crippen molar-refractivity contribution in [3.8, 4) is 0 Å².